The monoisotopic (exact) mass is 449 g/mol. The fourth-order valence-corrected chi connectivity index (χ4v) is 4.40. The summed E-state index contributed by atoms with van der Waals surface area (Å²) in [6, 6.07) is 21.7. The summed E-state index contributed by atoms with van der Waals surface area (Å²) >= 11 is 0. The van der Waals surface area contributed by atoms with Gasteiger partial charge < -0.3 is 14.0 Å². The molecule has 4 heterocycles. The van der Waals surface area contributed by atoms with Gasteiger partial charge in [0, 0.05) is 29.6 Å². The molecule has 0 fully saturated rings. The van der Waals surface area contributed by atoms with Crippen molar-refractivity contribution in [1.82, 2.24) is 24.4 Å². The highest BCUT2D eigenvalue weighted by Gasteiger charge is 2.33. The van der Waals surface area contributed by atoms with Crippen LogP contribution in [0.3, 0.4) is 0 Å². The first kappa shape index (κ1) is 20.2. The first-order chi connectivity index (χ1) is 16.6. The minimum absolute atomic E-state index is 0.167. The smallest absolute Gasteiger partial charge is 0.276 e. The maximum absolute atomic E-state index is 13.3. The van der Waals surface area contributed by atoms with Gasteiger partial charge in [-0.3, -0.25) is 4.79 Å². The van der Waals surface area contributed by atoms with E-state index in [9.17, 15) is 4.79 Å². The van der Waals surface area contributed by atoms with Gasteiger partial charge in [-0.25, -0.2) is 4.68 Å². The van der Waals surface area contributed by atoms with E-state index in [1.165, 1.54) is 11.1 Å². The summed E-state index contributed by atoms with van der Waals surface area (Å²) in [5.74, 6) is 1.36. The lowest BCUT2D eigenvalue weighted by atomic mass is 10.1. The van der Waals surface area contributed by atoms with E-state index in [-0.39, 0.29) is 5.91 Å². The number of aromatic nitrogens is 4. The molecule has 0 saturated carbocycles. The second-order valence-electron chi connectivity index (χ2n) is 8.62. The van der Waals surface area contributed by atoms with E-state index in [2.05, 4.69) is 41.8 Å². The molecular formula is C27H23N5O2. The average Bonchev–Trinajstić information content (AvgIpc) is 3.64. The molecular weight excluding hydrogens is 426 g/mol. The Labute approximate surface area is 196 Å². The molecule has 0 unspecified atom stereocenters. The maximum atomic E-state index is 13.3. The molecule has 0 aliphatic carbocycles. The highest BCUT2D eigenvalue weighted by atomic mass is 16.5. The molecule has 0 atom stereocenters. The molecule has 168 valence electrons. The third-order valence-corrected chi connectivity index (χ3v) is 6.39. The third-order valence-electron chi connectivity index (χ3n) is 6.39. The minimum Gasteiger partial charge on any atom is -0.355 e. The zero-order valence-electron chi connectivity index (χ0n) is 19.0. The van der Waals surface area contributed by atoms with Crippen LogP contribution >= 0.6 is 0 Å². The molecule has 6 rings (SSSR count). The number of rotatable bonds is 4. The van der Waals surface area contributed by atoms with E-state index in [0.29, 0.717) is 24.5 Å². The van der Waals surface area contributed by atoms with Crippen LogP contribution < -0.4 is 0 Å². The standard InChI is InChI=1S/C27H23N5O2/c1-18-10-11-21(14-19(18)2)32-26(30-12-6-7-13-30)22-16-31(17-24(22)28-32)27(33)23-15-25(34-29-23)20-8-4-3-5-9-20/h3-15H,16-17H2,1-2H3. The van der Waals surface area contributed by atoms with Crippen LogP contribution in [0.1, 0.15) is 32.9 Å². The highest BCUT2D eigenvalue weighted by Crippen LogP contribution is 2.32. The van der Waals surface area contributed by atoms with Gasteiger partial charge >= 0.3 is 0 Å². The van der Waals surface area contributed by atoms with Gasteiger partial charge in [-0.15, -0.1) is 0 Å². The van der Waals surface area contributed by atoms with Crippen LogP contribution in [0.5, 0.6) is 0 Å². The van der Waals surface area contributed by atoms with Crippen molar-refractivity contribution in [1.29, 1.82) is 0 Å². The Bertz CT molecular complexity index is 1500. The Kier molecular flexibility index (Phi) is 4.69. The molecule has 0 saturated heterocycles. The van der Waals surface area contributed by atoms with Crippen molar-refractivity contribution in [3.05, 3.63) is 107 Å². The number of aryl methyl sites for hydroxylation is 2. The minimum atomic E-state index is -0.167. The largest absolute Gasteiger partial charge is 0.355 e. The van der Waals surface area contributed by atoms with Gasteiger partial charge in [-0.1, -0.05) is 41.6 Å². The number of benzene rings is 2. The third kappa shape index (κ3) is 3.33. The molecule has 2 aromatic carbocycles. The number of hydrogen-bond donors (Lipinski definition) is 0. The van der Waals surface area contributed by atoms with Crippen LogP contribution in [0.25, 0.3) is 22.8 Å². The van der Waals surface area contributed by atoms with E-state index in [4.69, 9.17) is 9.62 Å². The lowest BCUT2D eigenvalue weighted by molar-refractivity contribution is 0.0738. The molecule has 5 aromatic rings. The summed E-state index contributed by atoms with van der Waals surface area (Å²) in [5, 5.41) is 8.97. The van der Waals surface area contributed by atoms with Gasteiger partial charge in [0.1, 0.15) is 5.82 Å². The van der Waals surface area contributed by atoms with E-state index in [0.717, 1.165) is 28.3 Å². The van der Waals surface area contributed by atoms with Crippen LogP contribution in [0.2, 0.25) is 0 Å². The van der Waals surface area contributed by atoms with E-state index >= 15 is 0 Å². The van der Waals surface area contributed by atoms with Crippen LogP contribution in [0, 0.1) is 13.8 Å². The quantitative estimate of drug-likeness (QED) is 0.383. The zero-order chi connectivity index (χ0) is 23.2. The van der Waals surface area contributed by atoms with Gasteiger partial charge in [0.05, 0.1) is 24.5 Å². The maximum Gasteiger partial charge on any atom is 0.276 e. The predicted molar refractivity (Wildman–Crippen MR) is 128 cm³/mol. The van der Waals surface area contributed by atoms with Gasteiger partial charge in [-0.05, 0) is 49.2 Å². The molecule has 1 aliphatic heterocycles. The SMILES string of the molecule is Cc1ccc(-n2nc3c(c2-n2cccc2)CN(C(=O)c2cc(-c4ccccc4)on2)C3)cc1C. The summed E-state index contributed by atoms with van der Waals surface area (Å²) in [5.41, 5.74) is 6.57. The summed E-state index contributed by atoms with van der Waals surface area (Å²) in [7, 11) is 0. The van der Waals surface area contributed by atoms with Gasteiger partial charge in [-0.2, -0.15) is 5.10 Å². The topological polar surface area (TPSA) is 69.1 Å². The Morgan fingerprint density at radius 1 is 0.912 bits per heavy atom. The summed E-state index contributed by atoms with van der Waals surface area (Å²) in [4.78, 5) is 15.0. The number of carbonyl (C=O) groups excluding carboxylic acids is 1. The van der Waals surface area contributed by atoms with Crippen molar-refractivity contribution in [3.8, 4) is 22.8 Å². The van der Waals surface area contributed by atoms with Crippen LogP contribution in [0.15, 0.2) is 83.6 Å². The Hall–Kier alpha value is -4.39. The second-order valence-corrected chi connectivity index (χ2v) is 8.62. The number of fused-ring (bicyclic) bond motifs is 1. The second kappa shape index (κ2) is 7.88. The molecule has 1 aliphatic rings. The number of carbonyl (C=O) groups is 1. The summed E-state index contributed by atoms with van der Waals surface area (Å²) in [6.45, 7) is 5.09. The van der Waals surface area contributed by atoms with Crippen molar-refractivity contribution in [2.75, 3.05) is 0 Å². The Morgan fingerprint density at radius 2 is 1.71 bits per heavy atom. The number of amides is 1. The normalized spacial score (nSPS) is 12.8. The van der Waals surface area contributed by atoms with Crippen LogP contribution in [0.4, 0.5) is 0 Å². The average molecular weight is 450 g/mol. The molecule has 0 N–H and O–H groups in total. The highest BCUT2D eigenvalue weighted by molar-refractivity contribution is 5.93. The molecule has 0 bridgehead atoms. The van der Waals surface area contributed by atoms with Crippen LogP contribution in [-0.2, 0) is 13.1 Å². The van der Waals surface area contributed by atoms with Gasteiger partial charge in [0.25, 0.3) is 5.91 Å². The molecule has 7 nitrogen and oxygen atoms in total. The molecule has 0 spiro atoms. The fraction of sp³-hybridized carbons (Fsp3) is 0.148. The van der Waals surface area contributed by atoms with Crippen molar-refractivity contribution in [3.63, 3.8) is 0 Å². The van der Waals surface area contributed by atoms with Crippen molar-refractivity contribution in [2.45, 2.75) is 26.9 Å². The number of nitrogens with zero attached hydrogens (tertiary/aromatic N) is 5. The predicted octanol–water partition coefficient (Wildman–Crippen LogP) is 5.09. The van der Waals surface area contributed by atoms with Crippen molar-refractivity contribution < 1.29 is 9.32 Å². The van der Waals surface area contributed by atoms with Crippen molar-refractivity contribution in [2.24, 2.45) is 0 Å². The van der Waals surface area contributed by atoms with E-state index < -0.39 is 0 Å². The molecule has 7 heteroatoms. The molecule has 3 aromatic heterocycles. The molecule has 34 heavy (non-hydrogen) atoms. The van der Waals surface area contributed by atoms with Gasteiger partial charge in [0.15, 0.2) is 11.5 Å². The van der Waals surface area contributed by atoms with Crippen LogP contribution in [-0.4, -0.2) is 30.3 Å². The Balaban J connectivity index is 1.33. The lowest BCUT2D eigenvalue weighted by Gasteiger charge is -2.16. The first-order valence-electron chi connectivity index (χ1n) is 11.2. The fourth-order valence-electron chi connectivity index (χ4n) is 4.40. The van der Waals surface area contributed by atoms with Gasteiger partial charge in [0.2, 0.25) is 0 Å². The van der Waals surface area contributed by atoms with E-state index in [1.807, 2.05) is 59.5 Å². The molecule has 1 amide bonds. The first-order valence-corrected chi connectivity index (χ1v) is 11.2. The zero-order valence-corrected chi connectivity index (χ0v) is 19.0. The Morgan fingerprint density at radius 3 is 2.47 bits per heavy atom. The summed E-state index contributed by atoms with van der Waals surface area (Å²) in [6.07, 6.45) is 4.01. The summed E-state index contributed by atoms with van der Waals surface area (Å²) < 4.78 is 9.48. The number of hydrogen-bond acceptors (Lipinski definition) is 4. The van der Waals surface area contributed by atoms with E-state index in [1.54, 1.807) is 11.0 Å². The molecule has 0 radical (unpaired) electrons. The lowest BCUT2D eigenvalue weighted by Crippen LogP contribution is -2.26. The van der Waals surface area contributed by atoms with Crippen molar-refractivity contribution >= 4 is 5.91 Å².